The van der Waals surface area contributed by atoms with Crippen molar-refractivity contribution in [2.75, 3.05) is 25.5 Å². The first kappa shape index (κ1) is 14.3. The van der Waals surface area contributed by atoms with Gasteiger partial charge in [0, 0.05) is 20.1 Å². The molecule has 1 N–H and O–H groups in total. The second-order valence-electron chi connectivity index (χ2n) is 5.05. The Morgan fingerprint density at radius 1 is 1.37 bits per heavy atom. The van der Waals surface area contributed by atoms with Crippen molar-refractivity contribution in [2.24, 2.45) is 5.92 Å². The van der Waals surface area contributed by atoms with Crippen molar-refractivity contribution in [2.45, 2.75) is 31.1 Å². The summed E-state index contributed by atoms with van der Waals surface area (Å²) in [5, 5.41) is 2.96. The maximum atomic E-state index is 12.6. The van der Waals surface area contributed by atoms with Crippen LogP contribution in [0.15, 0.2) is 29.2 Å². The van der Waals surface area contributed by atoms with Gasteiger partial charge in [-0.25, -0.2) is 8.42 Å². The third kappa shape index (κ3) is 2.92. The highest BCUT2D eigenvalue weighted by Gasteiger charge is 2.33. The normalized spacial score (nSPS) is 20.6. The van der Waals surface area contributed by atoms with Gasteiger partial charge in [0.1, 0.15) is 4.90 Å². The standard InChI is InChI=1S/C14H22N2O2S/c1-3-6-12-9-10-16(11-12)19(17,18)14-8-5-4-7-13(14)15-2/h4-5,7-8,12,15H,3,6,9-11H2,1-2H3. The van der Waals surface area contributed by atoms with E-state index in [0.29, 0.717) is 29.6 Å². The van der Waals surface area contributed by atoms with Crippen LogP contribution in [0.2, 0.25) is 0 Å². The van der Waals surface area contributed by atoms with E-state index in [1.807, 2.05) is 6.07 Å². The average Bonchev–Trinajstić information content (AvgIpc) is 2.88. The Hall–Kier alpha value is -1.07. The summed E-state index contributed by atoms with van der Waals surface area (Å²) in [6, 6.07) is 7.09. The lowest BCUT2D eigenvalue weighted by Gasteiger charge is -2.18. The van der Waals surface area contributed by atoms with Crippen LogP contribution in [0.25, 0.3) is 0 Å². The molecule has 0 bridgehead atoms. The minimum Gasteiger partial charge on any atom is -0.387 e. The highest BCUT2D eigenvalue weighted by atomic mass is 32.2. The SMILES string of the molecule is CCCC1CCN(S(=O)(=O)c2ccccc2NC)C1. The van der Waals surface area contributed by atoms with E-state index in [4.69, 9.17) is 0 Å². The maximum Gasteiger partial charge on any atom is 0.245 e. The molecule has 0 radical (unpaired) electrons. The quantitative estimate of drug-likeness (QED) is 0.903. The number of rotatable bonds is 5. The largest absolute Gasteiger partial charge is 0.387 e. The molecule has 5 heteroatoms. The van der Waals surface area contributed by atoms with Crippen molar-refractivity contribution in [3.8, 4) is 0 Å². The summed E-state index contributed by atoms with van der Waals surface area (Å²) in [5.41, 5.74) is 0.668. The summed E-state index contributed by atoms with van der Waals surface area (Å²) in [7, 11) is -1.61. The lowest BCUT2D eigenvalue weighted by molar-refractivity contribution is 0.445. The van der Waals surface area contributed by atoms with E-state index in [1.54, 1.807) is 29.6 Å². The van der Waals surface area contributed by atoms with Crippen LogP contribution in [0.3, 0.4) is 0 Å². The Kier molecular flexibility index (Phi) is 4.47. The summed E-state index contributed by atoms with van der Waals surface area (Å²) < 4.78 is 26.9. The summed E-state index contributed by atoms with van der Waals surface area (Å²) >= 11 is 0. The highest BCUT2D eigenvalue weighted by molar-refractivity contribution is 7.89. The van der Waals surface area contributed by atoms with E-state index in [0.717, 1.165) is 19.3 Å². The zero-order chi connectivity index (χ0) is 13.9. The zero-order valence-corrected chi connectivity index (χ0v) is 12.4. The molecule has 1 aliphatic rings. The van der Waals surface area contributed by atoms with E-state index >= 15 is 0 Å². The molecule has 1 saturated heterocycles. The topological polar surface area (TPSA) is 49.4 Å². The van der Waals surface area contributed by atoms with Gasteiger partial charge in [-0.1, -0.05) is 25.5 Å². The Morgan fingerprint density at radius 2 is 2.11 bits per heavy atom. The van der Waals surface area contributed by atoms with Gasteiger partial charge in [0.25, 0.3) is 0 Å². The molecule has 1 atom stereocenters. The molecule has 1 heterocycles. The molecule has 4 nitrogen and oxygen atoms in total. The van der Waals surface area contributed by atoms with Crippen molar-refractivity contribution in [3.05, 3.63) is 24.3 Å². The number of hydrogen-bond acceptors (Lipinski definition) is 3. The van der Waals surface area contributed by atoms with Crippen LogP contribution in [-0.2, 0) is 10.0 Å². The number of anilines is 1. The molecule has 0 aliphatic carbocycles. The van der Waals surface area contributed by atoms with Crippen LogP contribution < -0.4 is 5.32 Å². The lowest BCUT2D eigenvalue weighted by Crippen LogP contribution is -2.29. The van der Waals surface area contributed by atoms with Crippen molar-refractivity contribution in [1.82, 2.24) is 4.31 Å². The smallest absolute Gasteiger partial charge is 0.245 e. The van der Waals surface area contributed by atoms with Gasteiger partial charge in [-0.3, -0.25) is 0 Å². The molecule has 2 rings (SSSR count). The Balaban J connectivity index is 2.24. The van der Waals surface area contributed by atoms with Gasteiger partial charge in [-0.2, -0.15) is 4.31 Å². The van der Waals surface area contributed by atoms with E-state index in [2.05, 4.69) is 12.2 Å². The van der Waals surface area contributed by atoms with Gasteiger partial charge in [0.05, 0.1) is 5.69 Å². The number of hydrogen-bond donors (Lipinski definition) is 1. The Labute approximate surface area is 115 Å². The molecule has 0 spiro atoms. The zero-order valence-electron chi connectivity index (χ0n) is 11.6. The van der Waals surface area contributed by atoms with Gasteiger partial charge in [0.15, 0.2) is 0 Å². The molecule has 106 valence electrons. The highest BCUT2D eigenvalue weighted by Crippen LogP contribution is 2.30. The maximum absolute atomic E-state index is 12.6. The Morgan fingerprint density at radius 3 is 2.79 bits per heavy atom. The van der Waals surface area contributed by atoms with Gasteiger partial charge >= 0.3 is 0 Å². The van der Waals surface area contributed by atoms with E-state index < -0.39 is 10.0 Å². The van der Waals surface area contributed by atoms with Crippen molar-refractivity contribution < 1.29 is 8.42 Å². The van der Waals surface area contributed by atoms with Gasteiger partial charge < -0.3 is 5.32 Å². The lowest BCUT2D eigenvalue weighted by atomic mass is 10.0. The summed E-state index contributed by atoms with van der Waals surface area (Å²) in [4.78, 5) is 0.384. The van der Waals surface area contributed by atoms with Crippen LogP contribution in [0, 0.1) is 5.92 Å². The van der Waals surface area contributed by atoms with Crippen molar-refractivity contribution >= 4 is 15.7 Å². The van der Waals surface area contributed by atoms with Gasteiger partial charge in [-0.05, 0) is 30.9 Å². The number of sulfonamides is 1. The minimum atomic E-state index is -3.36. The number of para-hydroxylation sites is 1. The molecule has 0 saturated carbocycles. The van der Waals surface area contributed by atoms with Gasteiger partial charge in [-0.15, -0.1) is 0 Å². The van der Waals surface area contributed by atoms with Crippen LogP contribution in [0.1, 0.15) is 26.2 Å². The van der Waals surface area contributed by atoms with Crippen molar-refractivity contribution in [3.63, 3.8) is 0 Å². The molecule has 0 amide bonds. The summed E-state index contributed by atoms with van der Waals surface area (Å²) in [6.07, 6.45) is 3.21. The number of nitrogens with one attached hydrogen (secondary N) is 1. The predicted octanol–water partition coefficient (Wildman–Crippen LogP) is 2.54. The minimum absolute atomic E-state index is 0.384. The van der Waals surface area contributed by atoms with Gasteiger partial charge in [0.2, 0.25) is 10.0 Å². The summed E-state index contributed by atoms with van der Waals surface area (Å²) in [6.45, 7) is 3.45. The Bertz CT molecular complexity index is 528. The van der Waals surface area contributed by atoms with E-state index in [1.165, 1.54) is 0 Å². The molecule has 1 aromatic carbocycles. The second-order valence-corrected chi connectivity index (χ2v) is 6.96. The fourth-order valence-corrected chi connectivity index (χ4v) is 4.43. The molecular formula is C14H22N2O2S. The third-order valence-corrected chi connectivity index (χ3v) is 5.64. The molecule has 1 unspecified atom stereocenters. The number of nitrogens with zero attached hydrogens (tertiary/aromatic N) is 1. The third-order valence-electron chi connectivity index (χ3n) is 3.72. The predicted molar refractivity (Wildman–Crippen MR) is 77.8 cm³/mol. The average molecular weight is 282 g/mol. The van der Waals surface area contributed by atoms with Crippen molar-refractivity contribution in [1.29, 1.82) is 0 Å². The van der Waals surface area contributed by atoms with Crippen LogP contribution in [0.5, 0.6) is 0 Å². The first-order valence-electron chi connectivity index (χ1n) is 6.86. The second kappa shape index (κ2) is 5.92. The molecule has 0 aromatic heterocycles. The number of benzene rings is 1. The first-order valence-corrected chi connectivity index (χ1v) is 8.30. The molecular weight excluding hydrogens is 260 g/mol. The molecule has 1 fully saturated rings. The van der Waals surface area contributed by atoms with Crippen LogP contribution >= 0.6 is 0 Å². The van der Waals surface area contributed by atoms with E-state index in [9.17, 15) is 8.42 Å². The molecule has 1 aromatic rings. The van der Waals surface area contributed by atoms with Crippen LogP contribution in [0.4, 0.5) is 5.69 Å². The molecule has 1 aliphatic heterocycles. The molecule has 19 heavy (non-hydrogen) atoms. The van der Waals surface area contributed by atoms with Crippen LogP contribution in [-0.4, -0.2) is 32.9 Å². The fourth-order valence-electron chi connectivity index (χ4n) is 2.70. The first-order chi connectivity index (χ1) is 9.09. The monoisotopic (exact) mass is 282 g/mol. The summed E-state index contributed by atoms with van der Waals surface area (Å²) in [5.74, 6) is 0.515. The van der Waals surface area contributed by atoms with E-state index in [-0.39, 0.29) is 0 Å². The fraction of sp³-hybridized carbons (Fsp3) is 0.571.